The molecule has 2 aromatic rings. The van der Waals surface area contributed by atoms with Crippen molar-refractivity contribution in [3.8, 4) is 0 Å². The van der Waals surface area contributed by atoms with Gasteiger partial charge in [-0.2, -0.15) is 0 Å². The van der Waals surface area contributed by atoms with Gasteiger partial charge in [-0.05, 0) is 29.3 Å². The summed E-state index contributed by atoms with van der Waals surface area (Å²) in [5.74, 6) is 0. The summed E-state index contributed by atoms with van der Waals surface area (Å²) in [5, 5.41) is 12.8. The van der Waals surface area contributed by atoms with Crippen molar-refractivity contribution in [2.75, 3.05) is 0 Å². The Morgan fingerprint density at radius 3 is 2.86 bits per heavy atom. The molecule has 74 valence electrons. The average molecular weight is 207 g/mol. The summed E-state index contributed by atoms with van der Waals surface area (Å²) >= 11 is 1.69. The van der Waals surface area contributed by atoms with Gasteiger partial charge in [-0.3, -0.25) is 0 Å². The molecule has 1 heterocycles. The van der Waals surface area contributed by atoms with Crippen molar-refractivity contribution in [2.24, 2.45) is 5.73 Å². The van der Waals surface area contributed by atoms with E-state index in [0.717, 1.165) is 5.56 Å². The molecule has 3 heteroatoms. The third-order valence-electron chi connectivity index (χ3n) is 2.11. The quantitative estimate of drug-likeness (QED) is 0.741. The molecule has 3 N–H and O–H groups in total. The molecular weight excluding hydrogens is 194 g/mol. The second-order valence-corrected chi connectivity index (χ2v) is 4.70. The first-order valence-electron chi connectivity index (χ1n) is 4.53. The number of fused-ring (bicyclic) bond motifs is 1. The van der Waals surface area contributed by atoms with Gasteiger partial charge in [-0.15, -0.1) is 11.3 Å². The Morgan fingerprint density at radius 1 is 1.43 bits per heavy atom. The second kappa shape index (κ2) is 3.35. The normalized spacial score (nSPS) is 15.6. The topological polar surface area (TPSA) is 46.2 Å². The lowest BCUT2D eigenvalue weighted by atomic mass is 10.0. The van der Waals surface area contributed by atoms with Crippen molar-refractivity contribution in [3.63, 3.8) is 0 Å². The molecule has 0 radical (unpaired) electrons. The molecule has 0 saturated heterocycles. The van der Waals surface area contributed by atoms with Gasteiger partial charge < -0.3 is 10.8 Å². The largest absolute Gasteiger partial charge is 0.376 e. The highest BCUT2D eigenvalue weighted by Gasteiger charge is 2.16. The van der Waals surface area contributed by atoms with E-state index in [2.05, 4.69) is 17.5 Å². The summed E-state index contributed by atoms with van der Waals surface area (Å²) in [6, 6.07) is 8.16. The summed E-state index contributed by atoms with van der Waals surface area (Å²) < 4.78 is 1.24. The van der Waals surface area contributed by atoms with Crippen LogP contribution in [0, 0.1) is 0 Å². The minimum Gasteiger partial charge on any atom is -0.376 e. The van der Waals surface area contributed by atoms with Crippen LogP contribution in [0.3, 0.4) is 0 Å². The zero-order valence-electron chi connectivity index (χ0n) is 8.03. The van der Waals surface area contributed by atoms with Crippen molar-refractivity contribution < 1.29 is 5.11 Å². The zero-order chi connectivity index (χ0) is 10.2. The van der Waals surface area contributed by atoms with E-state index >= 15 is 0 Å². The van der Waals surface area contributed by atoms with Gasteiger partial charge in [0.05, 0.1) is 0 Å². The summed E-state index contributed by atoms with van der Waals surface area (Å²) in [7, 11) is 0. The molecule has 0 spiro atoms. The molecule has 1 atom stereocenters. The molecule has 1 aromatic heterocycles. The smallest absolute Gasteiger partial charge is 0.114 e. The summed E-state index contributed by atoms with van der Waals surface area (Å²) in [6.07, 6.45) is 0.497. The lowest BCUT2D eigenvalue weighted by molar-refractivity contribution is 0.0681. The molecule has 0 aliphatic carbocycles. The molecule has 0 aliphatic rings. The number of hydrogen-bond donors (Lipinski definition) is 2. The van der Waals surface area contributed by atoms with E-state index in [4.69, 9.17) is 5.73 Å². The van der Waals surface area contributed by atoms with Crippen LogP contribution in [0.5, 0.6) is 0 Å². The summed E-state index contributed by atoms with van der Waals surface area (Å²) in [4.78, 5) is 0. The maximum atomic E-state index is 9.53. The lowest BCUT2D eigenvalue weighted by Gasteiger charge is -2.16. The van der Waals surface area contributed by atoms with Crippen molar-refractivity contribution >= 4 is 21.4 Å². The fourth-order valence-electron chi connectivity index (χ4n) is 1.56. The number of aliphatic hydroxyl groups is 1. The standard InChI is InChI=1S/C11H13NOS/c1-11(12,13)6-8-7-14-10-5-3-2-4-9(8)10/h2-5,7,13H,6,12H2,1H3/t11-/m1/s1. The predicted octanol–water partition coefficient (Wildman–Crippen LogP) is 2.11. The Morgan fingerprint density at radius 2 is 2.14 bits per heavy atom. The fourth-order valence-corrected chi connectivity index (χ4v) is 2.52. The third kappa shape index (κ3) is 1.95. The maximum Gasteiger partial charge on any atom is 0.114 e. The molecule has 0 unspecified atom stereocenters. The molecule has 0 amide bonds. The van der Waals surface area contributed by atoms with E-state index in [9.17, 15) is 5.11 Å². The molecule has 0 aliphatic heterocycles. The van der Waals surface area contributed by atoms with Crippen LogP contribution < -0.4 is 5.73 Å². The molecule has 14 heavy (non-hydrogen) atoms. The fraction of sp³-hybridized carbons (Fsp3) is 0.273. The first kappa shape index (κ1) is 9.65. The molecule has 0 bridgehead atoms. The molecule has 2 rings (SSSR count). The van der Waals surface area contributed by atoms with Gasteiger partial charge >= 0.3 is 0 Å². The third-order valence-corrected chi connectivity index (χ3v) is 3.12. The minimum atomic E-state index is -1.12. The van der Waals surface area contributed by atoms with E-state index < -0.39 is 5.72 Å². The molecular formula is C11H13NOS. The predicted molar refractivity (Wildman–Crippen MR) is 60.3 cm³/mol. The van der Waals surface area contributed by atoms with Crippen LogP contribution in [-0.2, 0) is 6.42 Å². The SMILES string of the molecule is C[C@@](N)(O)Cc1csc2ccccc12. The van der Waals surface area contributed by atoms with Crippen LogP contribution in [0.15, 0.2) is 29.6 Å². The van der Waals surface area contributed by atoms with E-state index in [0.29, 0.717) is 6.42 Å². The highest BCUT2D eigenvalue weighted by atomic mass is 32.1. The van der Waals surface area contributed by atoms with Gasteiger partial charge in [-0.25, -0.2) is 0 Å². The summed E-state index contributed by atoms with van der Waals surface area (Å²) in [5.41, 5.74) is 5.58. The van der Waals surface area contributed by atoms with Crippen LogP contribution in [0.1, 0.15) is 12.5 Å². The molecule has 0 saturated carbocycles. The van der Waals surface area contributed by atoms with Crippen molar-refractivity contribution in [1.82, 2.24) is 0 Å². The van der Waals surface area contributed by atoms with Crippen molar-refractivity contribution in [2.45, 2.75) is 19.1 Å². The Bertz CT molecular complexity index is 442. The molecule has 2 nitrogen and oxygen atoms in total. The Labute approximate surface area is 87.0 Å². The number of nitrogens with two attached hydrogens (primary N) is 1. The van der Waals surface area contributed by atoms with Gasteiger partial charge in [0, 0.05) is 11.1 Å². The minimum absolute atomic E-state index is 0.497. The highest BCUT2D eigenvalue weighted by molar-refractivity contribution is 7.17. The molecule has 1 aromatic carbocycles. The zero-order valence-corrected chi connectivity index (χ0v) is 8.84. The second-order valence-electron chi connectivity index (χ2n) is 3.79. The van der Waals surface area contributed by atoms with Crippen molar-refractivity contribution in [3.05, 3.63) is 35.2 Å². The Balaban J connectivity index is 2.44. The van der Waals surface area contributed by atoms with E-state index in [-0.39, 0.29) is 0 Å². The first-order chi connectivity index (χ1) is 6.56. The van der Waals surface area contributed by atoms with E-state index in [1.807, 2.05) is 12.1 Å². The van der Waals surface area contributed by atoms with Gasteiger partial charge in [0.1, 0.15) is 5.72 Å². The Kier molecular flexibility index (Phi) is 2.31. The van der Waals surface area contributed by atoms with Crippen LogP contribution in [-0.4, -0.2) is 10.8 Å². The number of hydrogen-bond acceptors (Lipinski definition) is 3. The molecule has 0 fully saturated rings. The van der Waals surface area contributed by atoms with Crippen LogP contribution in [0.2, 0.25) is 0 Å². The van der Waals surface area contributed by atoms with E-state index in [1.165, 1.54) is 10.1 Å². The number of rotatable bonds is 2. The van der Waals surface area contributed by atoms with Crippen LogP contribution >= 0.6 is 11.3 Å². The maximum absolute atomic E-state index is 9.53. The highest BCUT2D eigenvalue weighted by Crippen LogP contribution is 2.27. The van der Waals surface area contributed by atoms with E-state index in [1.54, 1.807) is 18.3 Å². The summed E-state index contributed by atoms with van der Waals surface area (Å²) in [6.45, 7) is 1.62. The van der Waals surface area contributed by atoms with Gasteiger partial charge in [0.25, 0.3) is 0 Å². The van der Waals surface area contributed by atoms with Gasteiger partial charge in [-0.1, -0.05) is 18.2 Å². The van der Waals surface area contributed by atoms with Gasteiger partial charge in [0.15, 0.2) is 0 Å². The lowest BCUT2D eigenvalue weighted by Crippen LogP contribution is -2.37. The van der Waals surface area contributed by atoms with Crippen LogP contribution in [0.25, 0.3) is 10.1 Å². The average Bonchev–Trinajstić information content (AvgIpc) is 2.47. The Hall–Kier alpha value is -0.900. The first-order valence-corrected chi connectivity index (χ1v) is 5.40. The number of thiophene rings is 1. The van der Waals surface area contributed by atoms with Crippen molar-refractivity contribution in [1.29, 1.82) is 0 Å². The monoisotopic (exact) mass is 207 g/mol. The van der Waals surface area contributed by atoms with Crippen LogP contribution in [0.4, 0.5) is 0 Å². The number of benzene rings is 1. The van der Waals surface area contributed by atoms with Gasteiger partial charge in [0.2, 0.25) is 0 Å².